The topological polar surface area (TPSA) is 24.1 Å². The molecule has 1 rings (SSSR count). The van der Waals surface area contributed by atoms with Gasteiger partial charge >= 0.3 is 0 Å². The predicted molar refractivity (Wildman–Crippen MR) is 58.0 cm³/mol. The molecule has 2 N–H and O–H groups in total. The van der Waals surface area contributed by atoms with Crippen LogP contribution >= 0.6 is 0 Å². The van der Waals surface area contributed by atoms with Crippen molar-refractivity contribution in [2.45, 2.75) is 45.6 Å². The average Bonchev–Trinajstić information content (AvgIpc) is 2.86. The van der Waals surface area contributed by atoms with Gasteiger partial charge in [-0.25, -0.2) is 0 Å². The van der Waals surface area contributed by atoms with E-state index in [0.29, 0.717) is 6.04 Å². The van der Waals surface area contributed by atoms with E-state index in [4.69, 9.17) is 0 Å². The number of hydrogen-bond acceptors (Lipinski definition) is 2. The molecule has 2 nitrogen and oxygen atoms in total. The maximum atomic E-state index is 3.51. The highest BCUT2D eigenvalue weighted by atomic mass is 14.9. The van der Waals surface area contributed by atoms with Crippen LogP contribution in [0.2, 0.25) is 0 Å². The van der Waals surface area contributed by atoms with Gasteiger partial charge in [-0.3, -0.25) is 0 Å². The molecule has 0 bridgehead atoms. The molecule has 0 aromatic rings. The zero-order chi connectivity index (χ0) is 9.52. The summed E-state index contributed by atoms with van der Waals surface area (Å²) in [4.78, 5) is 0. The largest absolute Gasteiger partial charge is 0.316 e. The molecule has 0 unspecified atom stereocenters. The van der Waals surface area contributed by atoms with E-state index in [1.165, 1.54) is 45.3 Å². The molecule has 1 saturated carbocycles. The van der Waals surface area contributed by atoms with Gasteiger partial charge < -0.3 is 10.6 Å². The third-order valence-corrected chi connectivity index (χ3v) is 2.46. The van der Waals surface area contributed by atoms with Crippen LogP contribution < -0.4 is 10.6 Å². The predicted octanol–water partition coefficient (Wildman–Crippen LogP) is 1.76. The molecule has 0 spiro atoms. The summed E-state index contributed by atoms with van der Waals surface area (Å²) in [6.07, 6.45) is 5.53. The standard InChI is InChI=1S/C11H24N2/c1-10(2)13-8-4-3-7-12-9-11-5-6-11/h10-13H,3-9H2,1-2H3. The Morgan fingerprint density at radius 3 is 2.46 bits per heavy atom. The SMILES string of the molecule is CC(C)NCCCCNCC1CC1. The van der Waals surface area contributed by atoms with Crippen LogP contribution in [-0.2, 0) is 0 Å². The molecule has 0 amide bonds. The molecule has 0 heterocycles. The van der Waals surface area contributed by atoms with E-state index < -0.39 is 0 Å². The lowest BCUT2D eigenvalue weighted by Gasteiger charge is -2.07. The fourth-order valence-electron chi connectivity index (χ4n) is 1.39. The summed E-state index contributed by atoms with van der Waals surface area (Å²) in [7, 11) is 0. The normalized spacial score (nSPS) is 16.8. The van der Waals surface area contributed by atoms with E-state index >= 15 is 0 Å². The Morgan fingerprint density at radius 2 is 1.85 bits per heavy atom. The van der Waals surface area contributed by atoms with Crippen molar-refractivity contribution in [2.24, 2.45) is 5.92 Å². The molecule has 13 heavy (non-hydrogen) atoms. The molecule has 0 saturated heterocycles. The van der Waals surface area contributed by atoms with Crippen LogP contribution in [-0.4, -0.2) is 25.7 Å². The van der Waals surface area contributed by atoms with Crippen molar-refractivity contribution in [1.82, 2.24) is 10.6 Å². The van der Waals surface area contributed by atoms with Gasteiger partial charge in [-0.15, -0.1) is 0 Å². The first-order valence-electron chi connectivity index (χ1n) is 5.73. The Morgan fingerprint density at radius 1 is 1.15 bits per heavy atom. The quantitative estimate of drug-likeness (QED) is 0.562. The van der Waals surface area contributed by atoms with E-state index in [0.717, 1.165) is 5.92 Å². The van der Waals surface area contributed by atoms with Crippen molar-refractivity contribution in [3.63, 3.8) is 0 Å². The van der Waals surface area contributed by atoms with Crippen LogP contribution in [0.4, 0.5) is 0 Å². The van der Waals surface area contributed by atoms with Crippen LogP contribution in [0.1, 0.15) is 39.5 Å². The van der Waals surface area contributed by atoms with Crippen molar-refractivity contribution < 1.29 is 0 Å². The summed E-state index contributed by atoms with van der Waals surface area (Å²) < 4.78 is 0. The minimum Gasteiger partial charge on any atom is -0.316 e. The molecule has 0 radical (unpaired) electrons. The lowest BCUT2D eigenvalue weighted by atomic mass is 10.3. The Labute approximate surface area is 82.5 Å². The zero-order valence-corrected chi connectivity index (χ0v) is 9.10. The van der Waals surface area contributed by atoms with Crippen LogP contribution in [0.5, 0.6) is 0 Å². The number of hydrogen-bond donors (Lipinski definition) is 2. The lowest BCUT2D eigenvalue weighted by molar-refractivity contribution is 0.536. The molecule has 0 aliphatic heterocycles. The summed E-state index contributed by atoms with van der Waals surface area (Å²) in [5.74, 6) is 1.02. The minimum absolute atomic E-state index is 0.638. The monoisotopic (exact) mass is 184 g/mol. The third-order valence-electron chi connectivity index (χ3n) is 2.46. The summed E-state index contributed by atoms with van der Waals surface area (Å²) >= 11 is 0. The van der Waals surface area contributed by atoms with Crippen LogP contribution in [0.25, 0.3) is 0 Å². The van der Waals surface area contributed by atoms with Crippen LogP contribution in [0.3, 0.4) is 0 Å². The van der Waals surface area contributed by atoms with Gasteiger partial charge in [0.05, 0.1) is 0 Å². The Balaban J connectivity index is 1.68. The van der Waals surface area contributed by atoms with Crippen LogP contribution in [0, 0.1) is 5.92 Å². The molecule has 0 aromatic carbocycles. The maximum absolute atomic E-state index is 3.51. The Bertz CT molecular complexity index is 113. The van der Waals surface area contributed by atoms with Gasteiger partial charge in [0, 0.05) is 6.04 Å². The molecule has 2 heteroatoms. The fourth-order valence-corrected chi connectivity index (χ4v) is 1.39. The number of unbranched alkanes of at least 4 members (excludes halogenated alkanes) is 1. The van der Waals surface area contributed by atoms with Gasteiger partial charge in [0.25, 0.3) is 0 Å². The molecular formula is C11H24N2. The molecule has 0 aromatic heterocycles. The molecule has 1 aliphatic rings. The second-order valence-corrected chi connectivity index (χ2v) is 4.46. The highest BCUT2D eigenvalue weighted by Gasteiger charge is 2.19. The molecule has 0 atom stereocenters. The molecular weight excluding hydrogens is 160 g/mol. The first kappa shape index (κ1) is 11.0. The van der Waals surface area contributed by atoms with Crippen molar-refractivity contribution >= 4 is 0 Å². The maximum Gasteiger partial charge on any atom is 0.00103 e. The third kappa shape index (κ3) is 7.03. The van der Waals surface area contributed by atoms with E-state index in [2.05, 4.69) is 24.5 Å². The Hall–Kier alpha value is -0.0800. The van der Waals surface area contributed by atoms with Gasteiger partial charge in [0.1, 0.15) is 0 Å². The Kier molecular flexibility index (Phi) is 5.40. The van der Waals surface area contributed by atoms with Gasteiger partial charge in [-0.2, -0.15) is 0 Å². The first-order chi connectivity index (χ1) is 6.29. The number of nitrogens with one attached hydrogen (secondary N) is 2. The van der Waals surface area contributed by atoms with E-state index in [1.807, 2.05) is 0 Å². The summed E-state index contributed by atoms with van der Waals surface area (Å²) in [6, 6.07) is 0.638. The lowest BCUT2D eigenvalue weighted by Crippen LogP contribution is -2.25. The van der Waals surface area contributed by atoms with Crippen molar-refractivity contribution in [3.8, 4) is 0 Å². The first-order valence-corrected chi connectivity index (χ1v) is 5.73. The molecule has 78 valence electrons. The highest BCUT2D eigenvalue weighted by Crippen LogP contribution is 2.27. The summed E-state index contributed by atoms with van der Waals surface area (Å²) in [5.41, 5.74) is 0. The smallest absolute Gasteiger partial charge is 0.00103 e. The van der Waals surface area contributed by atoms with Crippen LogP contribution in [0.15, 0.2) is 0 Å². The fraction of sp³-hybridized carbons (Fsp3) is 1.00. The second kappa shape index (κ2) is 6.39. The zero-order valence-electron chi connectivity index (χ0n) is 9.10. The van der Waals surface area contributed by atoms with Crippen molar-refractivity contribution in [2.75, 3.05) is 19.6 Å². The van der Waals surface area contributed by atoms with Gasteiger partial charge in [0.2, 0.25) is 0 Å². The van der Waals surface area contributed by atoms with Gasteiger partial charge in [-0.05, 0) is 51.2 Å². The van der Waals surface area contributed by atoms with Gasteiger partial charge in [-0.1, -0.05) is 13.8 Å². The second-order valence-electron chi connectivity index (χ2n) is 4.46. The molecule has 1 aliphatic carbocycles. The number of rotatable bonds is 8. The van der Waals surface area contributed by atoms with E-state index in [1.54, 1.807) is 0 Å². The van der Waals surface area contributed by atoms with Crippen molar-refractivity contribution in [1.29, 1.82) is 0 Å². The summed E-state index contributed by atoms with van der Waals surface area (Å²) in [6.45, 7) is 8.04. The van der Waals surface area contributed by atoms with Gasteiger partial charge in [0.15, 0.2) is 0 Å². The van der Waals surface area contributed by atoms with E-state index in [9.17, 15) is 0 Å². The highest BCUT2D eigenvalue weighted by molar-refractivity contribution is 4.74. The van der Waals surface area contributed by atoms with E-state index in [-0.39, 0.29) is 0 Å². The summed E-state index contributed by atoms with van der Waals surface area (Å²) in [5, 5.41) is 6.94. The minimum atomic E-state index is 0.638. The van der Waals surface area contributed by atoms with Crippen molar-refractivity contribution in [3.05, 3.63) is 0 Å². The average molecular weight is 184 g/mol. The molecule has 1 fully saturated rings.